The molecule has 2 rings (SSSR count). The number of nitro groups is 1. The van der Waals surface area contributed by atoms with Gasteiger partial charge >= 0.3 is 0 Å². The molecular formula is C13H19N3O2. The van der Waals surface area contributed by atoms with E-state index in [1.165, 1.54) is 18.9 Å². The molecule has 1 fully saturated rings. The van der Waals surface area contributed by atoms with Gasteiger partial charge < -0.3 is 10.6 Å². The van der Waals surface area contributed by atoms with Crippen LogP contribution >= 0.6 is 0 Å². The molecule has 98 valence electrons. The van der Waals surface area contributed by atoms with Gasteiger partial charge in [-0.25, -0.2) is 0 Å². The molecule has 5 nitrogen and oxygen atoms in total. The van der Waals surface area contributed by atoms with Crippen LogP contribution < -0.4 is 10.6 Å². The minimum atomic E-state index is -0.362. The fourth-order valence-electron chi connectivity index (χ4n) is 2.08. The fraction of sp³-hybridized carbons (Fsp3) is 0.538. The third-order valence-corrected chi connectivity index (χ3v) is 3.79. The Morgan fingerprint density at radius 3 is 2.50 bits per heavy atom. The van der Waals surface area contributed by atoms with Crippen molar-refractivity contribution >= 4 is 17.1 Å². The number of hydrogen-bond donors (Lipinski definition) is 2. The average Bonchev–Trinajstić information content (AvgIpc) is 3.16. The first-order valence-electron chi connectivity index (χ1n) is 6.30. The maximum absolute atomic E-state index is 10.8. The van der Waals surface area contributed by atoms with Crippen molar-refractivity contribution in [3.63, 3.8) is 0 Å². The summed E-state index contributed by atoms with van der Waals surface area (Å²) in [5.41, 5.74) is 2.11. The molecule has 1 saturated carbocycles. The summed E-state index contributed by atoms with van der Waals surface area (Å²) >= 11 is 0. The highest BCUT2D eigenvalue weighted by molar-refractivity contribution is 5.63. The summed E-state index contributed by atoms with van der Waals surface area (Å²) in [7, 11) is 1.76. The summed E-state index contributed by atoms with van der Waals surface area (Å²) < 4.78 is 0. The van der Waals surface area contributed by atoms with Gasteiger partial charge in [-0.2, -0.15) is 0 Å². The SMILES string of the molecule is CCC1(CNc2cc(NC)cc([N+](=O)[O-])c2)CC1. The Kier molecular flexibility index (Phi) is 3.41. The molecule has 0 aromatic heterocycles. The van der Waals surface area contributed by atoms with Crippen molar-refractivity contribution in [2.75, 3.05) is 24.2 Å². The van der Waals surface area contributed by atoms with E-state index in [0.717, 1.165) is 24.3 Å². The molecule has 1 aromatic carbocycles. The molecule has 0 bridgehead atoms. The third-order valence-electron chi connectivity index (χ3n) is 3.79. The molecular weight excluding hydrogens is 230 g/mol. The van der Waals surface area contributed by atoms with E-state index in [0.29, 0.717) is 5.41 Å². The monoisotopic (exact) mass is 249 g/mol. The van der Waals surface area contributed by atoms with E-state index in [9.17, 15) is 10.1 Å². The first-order chi connectivity index (χ1) is 8.58. The number of non-ortho nitro benzene ring substituents is 1. The smallest absolute Gasteiger partial charge is 0.273 e. The first-order valence-corrected chi connectivity index (χ1v) is 6.30. The second-order valence-corrected chi connectivity index (χ2v) is 4.98. The van der Waals surface area contributed by atoms with Crippen molar-refractivity contribution in [2.24, 2.45) is 5.41 Å². The van der Waals surface area contributed by atoms with Crippen LogP contribution in [0.3, 0.4) is 0 Å². The second-order valence-electron chi connectivity index (χ2n) is 4.98. The van der Waals surface area contributed by atoms with Crippen LogP contribution in [-0.4, -0.2) is 18.5 Å². The Bertz CT molecular complexity index is 456. The number of nitrogens with one attached hydrogen (secondary N) is 2. The van der Waals surface area contributed by atoms with Gasteiger partial charge in [0, 0.05) is 37.1 Å². The summed E-state index contributed by atoms with van der Waals surface area (Å²) in [6.45, 7) is 3.09. The van der Waals surface area contributed by atoms with Gasteiger partial charge in [0.15, 0.2) is 0 Å². The number of hydrogen-bond acceptors (Lipinski definition) is 4. The predicted molar refractivity (Wildman–Crippen MR) is 73.1 cm³/mol. The van der Waals surface area contributed by atoms with E-state index < -0.39 is 0 Å². The van der Waals surface area contributed by atoms with E-state index in [4.69, 9.17) is 0 Å². The average molecular weight is 249 g/mol. The Morgan fingerprint density at radius 1 is 1.33 bits per heavy atom. The van der Waals surface area contributed by atoms with E-state index in [1.807, 2.05) is 6.07 Å². The number of benzene rings is 1. The number of anilines is 2. The van der Waals surface area contributed by atoms with Gasteiger partial charge in [0.2, 0.25) is 0 Å². The van der Waals surface area contributed by atoms with Gasteiger partial charge in [-0.3, -0.25) is 10.1 Å². The number of nitrogens with zero attached hydrogens (tertiary/aromatic N) is 1. The molecule has 5 heteroatoms. The van der Waals surface area contributed by atoms with E-state index in [2.05, 4.69) is 17.6 Å². The Morgan fingerprint density at radius 2 is 2.00 bits per heavy atom. The molecule has 0 unspecified atom stereocenters. The summed E-state index contributed by atoms with van der Waals surface area (Å²) in [5, 5.41) is 17.1. The summed E-state index contributed by atoms with van der Waals surface area (Å²) in [4.78, 5) is 10.5. The first kappa shape index (κ1) is 12.7. The Hall–Kier alpha value is -1.78. The lowest BCUT2D eigenvalue weighted by Crippen LogP contribution is -2.14. The normalized spacial score (nSPS) is 16.1. The summed E-state index contributed by atoms with van der Waals surface area (Å²) in [5.74, 6) is 0. The van der Waals surface area contributed by atoms with E-state index >= 15 is 0 Å². The van der Waals surface area contributed by atoms with E-state index in [-0.39, 0.29) is 10.6 Å². The zero-order valence-corrected chi connectivity index (χ0v) is 10.8. The van der Waals surface area contributed by atoms with Crippen LogP contribution in [0.4, 0.5) is 17.1 Å². The van der Waals surface area contributed by atoms with Gasteiger partial charge in [-0.05, 0) is 30.7 Å². The van der Waals surface area contributed by atoms with Crippen LogP contribution in [-0.2, 0) is 0 Å². The quantitative estimate of drug-likeness (QED) is 0.600. The van der Waals surface area contributed by atoms with Crippen molar-refractivity contribution in [2.45, 2.75) is 26.2 Å². The molecule has 0 spiro atoms. The minimum Gasteiger partial charge on any atom is -0.388 e. The molecule has 0 aliphatic heterocycles. The number of nitro benzene ring substituents is 1. The molecule has 0 radical (unpaired) electrons. The molecule has 0 atom stereocenters. The van der Waals surface area contributed by atoms with Gasteiger partial charge in [0.25, 0.3) is 5.69 Å². The maximum Gasteiger partial charge on any atom is 0.273 e. The van der Waals surface area contributed by atoms with Crippen molar-refractivity contribution in [1.82, 2.24) is 0 Å². The standard InChI is InChI=1S/C13H19N3O2/c1-3-13(4-5-13)9-15-11-6-10(14-2)7-12(8-11)16(17)18/h6-8,14-15H,3-5,9H2,1-2H3. The van der Waals surface area contributed by atoms with Crippen molar-refractivity contribution < 1.29 is 4.92 Å². The molecule has 1 aliphatic carbocycles. The zero-order valence-electron chi connectivity index (χ0n) is 10.8. The molecule has 0 amide bonds. The predicted octanol–water partition coefficient (Wildman–Crippen LogP) is 3.24. The summed E-state index contributed by atoms with van der Waals surface area (Å²) in [6.07, 6.45) is 3.67. The van der Waals surface area contributed by atoms with Crippen LogP contribution in [0.5, 0.6) is 0 Å². The van der Waals surface area contributed by atoms with Crippen molar-refractivity contribution in [1.29, 1.82) is 0 Å². The van der Waals surface area contributed by atoms with Crippen LogP contribution in [0.15, 0.2) is 18.2 Å². The third kappa shape index (κ3) is 2.72. The van der Waals surface area contributed by atoms with Gasteiger partial charge in [0.1, 0.15) is 0 Å². The van der Waals surface area contributed by atoms with Crippen molar-refractivity contribution in [3.8, 4) is 0 Å². The molecule has 2 N–H and O–H groups in total. The summed E-state index contributed by atoms with van der Waals surface area (Å²) in [6, 6.07) is 5.03. The topological polar surface area (TPSA) is 67.2 Å². The van der Waals surface area contributed by atoms with Crippen LogP contribution in [0.25, 0.3) is 0 Å². The van der Waals surface area contributed by atoms with Crippen LogP contribution in [0.1, 0.15) is 26.2 Å². The van der Waals surface area contributed by atoms with Gasteiger partial charge in [-0.1, -0.05) is 6.92 Å². The molecule has 0 heterocycles. The zero-order chi connectivity index (χ0) is 13.2. The maximum atomic E-state index is 10.8. The lowest BCUT2D eigenvalue weighted by Gasteiger charge is -2.15. The minimum absolute atomic E-state index is 0.116. The number of rotatable bonds is 6. The second kappa shape index (κ2) is 4.84. The van der Waals surface area contributed by atoms with E-state index in [1.54, 1.807) is 13.1 Å². The van der Waals surface area contributed by atoms with Crippen molar-refractivity contribution in [3.05, 3.63) is 28.3 Å². The highest BCUT2D eigenvalue weighted by Crippen LogP contribution is 2.48. The largest absolute Gasteiger partial charge is 0.388 e. The molecule has 0 saturated heterocycles. The highest BCUT2D eigenvalue weighted by Gasteiger charge is 2.40. The molecule has 18 heavy (non-hydrogen) atoms. The van der Waals surface area contributed by atoms with Gasteiger partial charge in [-0.15, -0.1) is 0 Å². The van der Waals surface area contributed by atoms with Crippen LogP contribution in [0.2, 0.25) is 0 Å². The molecule has 1 aromatic rings. The van der Waals surface area contributed by atoms with Gasteiger partial charge in [0.05, 0.1) is 4.92 Å². The molecule has 1 aliphatic rings. The lowest BCUT2D eigenvalue weighted by molar-refractivity contribution is -0.384. The Labute approximate surface area is 107 Å². The van der Waals surface area contributed by atoms with Crippen LogP contribution in [0, 0.1) is 15.5 Å². The highest BCUT2D eigenvalue weighted by atomic mass is 16.6. The Balaban J connectivity index is 2.11. The lowest BCUT2D eigenvalue weighted by atomic mass is 10.0. The fourth-order valence-corrected chi connectivity index (χ4v) is 2.08.